The Balaban J connectivity index is 2.27. The first-order valence-electron chi connectivity index (χ1n) is 4.26. The SMILES string of the molecule is NC(c1ccsc1C(=O)O)C1CC1. The van der Waals surface area contributed by atoms with Crippen LogP contribution in [0.1, 0.15) is 34.1 Å². The minimum atomic E-state index is -0.860. The molecular weight excluding hydrogens is 186 g/mol. The molecule has 0 bridgehead atoms. The van der Waals surface area contributed by atoms with Crippen LogP contribution < -0.4 is 5.73 Å². The van der Waals surface area contributed by atoms with Crippen molar-refractivity contribution in [2.24, 2.45) is 11.7 Å². The molecule has 0 saturated heterocycles. The van der Waals surface area contributed by atoms with Crippen LogP contribution in [0.15, 0.2) is 11.4 Å². The summed E-state index contributed by atoms with van der Waals surface area (Å²) in [6.45, 7) is 0. The van der Waals surface area contributed by atoms with Gasteiger partial charge in [0.2, 0.25) is 0 Å². The Morgan fingerprint density at radius 3 is 2.92 bits per heavy atom. The van der Waals surface area contributed by atoms with Crippen LogP contribution in [0, 0.1) is 5.92 Å². The maximum atomic E-state index is 10.8. The normalized spacial score (nSPS) is 18.5. The second kappa shape index (κ2) is 3.12. The Hall–Kier alpha value is -0.870. The van der Waals surface area contributed by atoms with Crippen LogP contribution >= 0.6 is 11.3 Å². The predicted octanol–water partition coefficient (Wildman–Crippen LogP) is 1.86. The minimum Gasteiger partial charge on any atom is -0.477 e. The van der Waals surface area contributed by atoms with Gasteiger partial charge in [-0.15, -0.1) is 11.3 Å². The number of carboxylic acids is 1. The van der Waals surface area contributed by atoms with Gasteiger partial charge in [-0.1, -0.05) is 0 Å². The van der Waals surface area contributed by atoms with E-state index in [0.717, 1.165) is 18.4 Å². The molecule has 0 aromatic carbocycles. The molecular formula is C9H11NO2S. The lowest BCUT2D eigenvalue weighted by Gasteiger charge is -2.08. The second-order valence-corrected chi connectivity index (χ2v) is 4.29. The fourth-order valence-corrected chi connectivity index (χ4v) is 2.26. The summed E-state index contributed by atoms with van der Waals surface area (Å²) < 4.78 is 0. The molecule has 0 radical (unpaired) electrons. The molecule has 1 aliphatic carbocycles. The molecule has 1 atom stereocenters. The summed E-state index contributed by atoms with van der Waals surface area (Å²) in [5, 5.41) is 10.7. The Bertz CT molecular complexity index is 330. The van der Waals surface area contributed by atoms with Gasteiger partial charge >= 0.3 is 5.97 Å². The maximum Gasteiger partial charge on any atom is 0.346 e. The van der Waals surface area contributed by atoms with E-state index < -0.39 is 5.97 Å². The van der Waals surface area contributed by atoms with Gasteiger partial charge in [0, 0.05) is 6.04 Å². The summed E-state index contributed by atoms with van der Waals surface area (Å²) in [4.78, 5) is 11.2. The lowest BCUT2D eigenvalue weighted by atomic mass is 10.0. The highest BCUT2D eigenvalue weighted by molar-refractivity contribution is 7.12. The molecule has 70 valence electrons. The van der Waals surface area contributed by atoms with Crippen LogP contribution in [0.25, 0.3) is 0 Å². The van der Waals surface area contributed by atoms with Crippen LogP contribution in [0.3, 0.4) is 0 Å². The first-order chi connectivity index (χ1) is 6.20. The van der Waals surface area contributed by atoms with Crippen LogP contribution in [0.4, 0.5) is 0 Å². The van der Waals surface area contributed by atoms with E-state index in [4.69, 9.17) is 10.8 Å². The fourth-order valence-electron chi connectivity index (χ4n) is 1.46. The summed E-state index contributed by atoms with van der Waals surface area (Å²) in [5.74, 6) is -0.353. The van der Waals surface area contributed by atoms with Gasteiger partial charge in [0.05, 0.1) is 0 Å². The Kier molecular flexibility index (Phi) is 2.09. The van der Waals surface area contributed by atoms with Gasteiger partial charge in [-0.3, -0.25) is 0 Å². The monoisotopic (exact) mass is 197 g/mol. The van der Waals surface area contributed by atoms with Crippen molar-refractivity contribution >= 4 is 17.3 Å². The lowest BCUT2D eigenvalue weighted by Crippen LogP contribution is -2.14. The minimum absolute atomic E-state index is 0.0719. The predicted molar refractivity (Wildman–Crippen MR) is 50.9 cm³/mol. The van der Waals surface area contributed by atoms with E-state index in [1.165, 1.54) is 11.3 Å². The molecule has 1 unspecified atom stereocenters. The molecule has 13 heavy (non-hydrogen) atoms. The molecule has 0 amide bonds. The quantitative estimate of drug-likeness (QED) is 0.777. The average molecular weight is 197 g/mol. The van der Waals surface area contributed by atoms with Crippen LogP contribution in [-0.4, -0.2) is 11.1 Å². The third kappa shape index (κ3) is 1.59. The van der Waals surface area contributed by atoms with E-state index in [0.29, 0.717) is 10.8 Å². The highest BCUT2D eigenvalue weighted by atomic mass is 32.1. The van der Waals surface area contributed by atoms with Gasteiger partial charge in [-0.25, -0.2) is 4.79 Å². The number of carbonyl (C=O) groups is 1. The molecule has 1 aromatic rings. The molecule has 1 fully saturated rings. The summed E-state index contributed by atoms with van der Waals surface area (Å²) in [6, 6.07) is 1.76. The molecule has 1 saturated carbocycles. The topological polar surface area (TPSA) is 63.3 Å². The maximum absolute atomic E-state index is 10.8. The highest BCUT2D eigenvalue weighted by Gasteiger charge is 2.32. The van der Waals surface area contributed by atoms with E-state index >= 15 is 0 Å². The molecule has 3 N–H and O–H groups in total. The largest absolute Gasteiger partial charge is 0.477 e. The number of hydrogen-bond acceptors (Lipinski definition) is 3. The summed E-state index contributed by atoms with van der Waals surface area (Å²) in [5.41, 5.74) is 6.73. The van der Waals surface area contributed by atoms with Gasteiger partial charge in [0.25, 0.3) is 0 Å². The van der Waals surface area contributed by atoms with Crippen molar-refractivity contribution in [1.82, 2.24) is 0 Å². The Labute approximate surface area is 80.2 Å². The standard InChI is InChI=1S/C9H11NO2S/c10-7(5-1-2-5)6-3-4-13-8(6)9(11)12/h3-5,7H,1-2,10H2,(H,11,12). The highest BCUT2D eigenvalue weighted by Crippen LogP contribution is 2.41. The molecule has 1 heterocycles. The van der Waals surface area contributed by atoms with Gasteiger partial charge in [-0.2, -0.15) is 0 Å². The third-order valence-corrected chi connectivity index (χ3v) is 3.30. The van der Waals surface area contributed by atoms with Crippen LogP contribution in [-0.2, 0) is 0 Å². The number of hydrogen-bond donors (Lipinski definition) is 2. The summed E-state index contributed by atoms with van der Waals surface area (Å²) >= 11 is 1.25. The van der Waals surface area contributed by atoms with Crippen LogP contribution in [0.2, 0.25) is 0 Å². The Morgan fingerprint density at radius 2 is 2.38 bits per heavy atom. The first-order valence-corrected chi connectivity index (χ1v) is 5.14. The molecule has 3 nitrogen and oxygen atoms in total. The number of nitrogens with two attached hydrogens (primary N) is 1. The zero-order chi connectivity index (χ0) is 9.42. The van der Waals surface area contributed by atoms with E-state index in [2.05, 4.69) is 0 Å². The van der Waals surface area contributed by atoms with Crippen molar-refractivity contribution in [3.63, 3.8) is 0 Å². The van der Waals surface area contributed by atoms with Crippen LogP contribution in [0.5, 0.6) is 0 Å². The summed E-state index contributed by atoms with van der Waals surface area (Å²) in [7, 11) is 0. The first kappa shape index (κ1) is 8.72. The number of thiophene rings is 1. The Morgan fingerprint density at radius 1 is 1.69 bits per heavy atom. The zero-order valence-corrected chi connectivity index (χ0v) is 7.88. The molecule has 0 aliphatic heterocycles. The molecule has 0 spiro atoms. The molecule has 4 heteroatoms. The van der Waals surface area contributed by atoms with Crippen molar-refractivity contribution in [1.29, 1.82) is 0 Å². The summed E-state index contributed by atoms with van der Waals surface area (Å²) in [6.07, 6.45) is 2.27. The van der Waals surface area contributed by atoms with Gasteiger partial charge < -0.3 is 10.8 Å². The van der Waals surface area contributed by atoms with E-state index in [9.17, 15) is 4.79 Å². The number of rotatable bonds is 3. The fraction of sp³-hybridized carbons (Fsp3) is 0.444. The smallest absolute Gasteiger partial charge is 0.346 e. The van der Waals surface area contributed by atoms with Crippen molar-refractivity contribution < 1.29 is 9.90 Å². The molecule has 1 aliphatic rings. The van der Waals surface area contributed by atoms with Gasteiger partial charge in [0.1, 0.15) is 4.88 Å². The number of carboxylic acid groups (broad SMARTS) is 1. The van der Waals surface area contributed by atoms with Crippen molar-refractivity contribution in [2.75, 3.05) is 0 Å². The van der Waals surface area contributed by atoms with E-state index in [-0.39, 0.29) is 6.04 Å². The molecule has 2 rings (SSSR count). The van der Waals surface area contributed by atoms with Gasteiger partial charge in [0.15, 0.2) is 0 Å². The van der Waals surface area contributed by atoms with Crippen molar-refractivity contribution in [3.8, 4) is 0 Å². The van der Waals surface area contributed by atoms with Gasteiger partial charge in [-0.05, 0) is 35.8 Å². The lowest BCUT2D eigenvalue weighted by molar-refractivity contribution is 0.0700. The second-order valence-electron chi connectivity index (χ2n) is 3.37. The zero-order valence-electron chi connectivity index (χ0n) is 7.06. The van der Waals surface area contributed by atoms with Crippen molar-refractivity contribution in [2.45, 2.75) is 18.9 Å². The van der Waals surface area contributed by atoms with E-state index in [1.54, 1.807) is 5.38 Å². The third-order valence-electron chi connectivity index (χ3n) is 2.38. The molecule has 1 aromatic heterocycles. The average Bonchev–Trinajstić information content (AvgIpc) is 2.80. The number of aromatic carboxylic acids is 1. The van der Waals surface area contributed by atoms with Crippen molar-refractivity contribution in [3.05, 3.63) is 21.9 Å². The van der Waals surface area contributed by atoms with E-state index in [1.807, 2.05) is 6.07 Å².